The molecule has 8 nitrogen and oxygen atoms in total. The standard InChI is InChI=1S/C28H33F2N5O3S2/c29-28(30)11-12-35(18-28)26-32-23(21-3-1-2-4-22(21)25(36)33-27(17-31)9-10-27)24(39-26)19-5-7-20(8-6-19)34-13-15-40(37,38)16-14-34/h5-8,21-22H,1-4,9-16,18H2,(H,33,36)/t21-,22-/m1/s1. The van der Waals surface area contributed by atoms with Gasteiger partial charge in [0.15, 0.2) is 15.0 Å². The van der Waals surface area contributed by atoms with Crippen LogP contribution in [0.5, 0.6) is 0 Å². The molecule has 0 bridgehead atoms. The molecular weight excluding hydrogens is 556 g/mol. The van der Waals surface area contributed by atoms with Crippen molar-refractivity contribution in [1.29, 1.82) is 5.26 Å². The Morgan fingerprint density at radius 1 is 1.05 bits per heavy atom. The minimum Gasteiger partial charge on any atom is -0.369 e. The van der Waals surface area contributed by atoms with E-state index in [1.54, 1.807) is 4.90 Å². The maximum atomic E-state index is 14.1. The van der Waals surface area contributed by atoms with Crippen molar-refractivity contribution in [2.45, 2.75) is 62.3 Å². The maximum Gasteiger partial charge on any atom is 0.267 e. The number of amides is 1. The summed E-state index contributed by atoms with van der Waals surface area (Å²) >= 11 is 1.39. The van der Waals surface area contributed by atoms with Crippen LogP contribution >= 0.6 is 11.3 Å². The SMILES string of the molecule is N#CC1(NC(=O)[C@@H]2CCCC[C@H]2c2nc(N3CCC(F)(F)C3)sc2-c2ccc(N3CCS(=O)(=O)CC3)cc2)CC1. The molecule has 3 heterocycles. The summed E-state index contributed by atoms with van der Waals surface area (Å²) in [4.78, 5) is 22.9. The average molecular weight is 590 g/mol. The van der Waals surface area contributed by atoms with Crippen LogP contribution < -0.4 is 15.1 Å². The number of aromatic nitrogens is 1. The Balaban J connectivity index is 1.32. The largest absolute Gasteiger partial charge is 0.369 e. The first-order valence-electron chi connectivity index (χ1n) is 14.0. The van der Waals surface area contributed by atoms with Crippen molar-refractivity contribution in [2.75, 3.05) is 47.5 Å². The van der Waals surface area contributed by atoms with Crippen molar-refractivity contribution in [3.8, 4) is 16.5 Å². The minimum absolute atomic E-state index is 0.118. The van der Waals surface area contributed by atoms with Crippen molar-refractivity contribution in [3.63, 3.8) is 0 Å². The Morgan fingerprint density at radius 3 is 2.38 bits per heavy atom. The van der Waals surface area contributed by atoms with Crippen molar-refractivity contribution in [1.82, 2.24) is 10.3 Å². The van der Waals surface area contributed by atoms with Crippen LogP contribution in [0.4, 0.5) is 19.6 Å². The number of hydrogen-bond acceptors (Lipinski definition) is 8. The zero-order valence-electron chi connectivity index (χ0n) is 22.2. The molecule has 2 saturated carbocycles. The molecule has 2 saturated heterocycles. The van der Waals surface area contributed by atoms with Crippen LogP contribution in [-0.2, 0) is 14.6 Å². The third kappa shape index (κ3) is 5.55. The molecule has 2 aliphatic carbocycles. The molecule has 0 unspecified atom stereocenters. The monoisotopic (exact) mass is 589 g/mol. The second-order valence-corrected chi connectivity index (χ2v) is 14.9. The summed E-state index contributed by atoms with van der Waals surface area (Å²) in [5.74, 6) is -3.10. The molecule has 2 aromatic rings. The van der Waals surface area contributed by atoms with E-state index in [-0.39, 0.29) is 48.8 Å². The number of anilines is 2. The lowest BCUT2D eigenvalue weighted by Crippen LogP contribution is -2.42. The summed E-state index contributed by atoms with van der Waals surface area (Å²) < 4.78 is 51.9. The smallest absolute Gasteiger partial charge is 0.267 e. The molecular formula is C28H33F2N5O3S2. The molecule has 40 heavy (non-hydrogen) atoms. The third-order valence-electron chi connectivity index (χ3n) is 8.70. The summed E-state index contributed by atoms with van der Waals surface area (Å²) in [7, 11) is -2.99. The Kier molecular flexibility index (Phi) is 7.02. The van der Waals surface area contributed by atoms with Gasteiger partial charge in [-0.3, -0.25) is 4.79 Å². The van der Waals surface area contributed by atoms with Crippen LogP contribution in [0.1, 0.15) is 56.6 Å². The van der Waals surface area contributed by atoms with E-state index in [1.165, 1.54) is 11.3 Å². The molecule has 214 valence electrons. The lowest BCUT2D eigenvalue weighted by molar-refractivity contribution is -0.127. The fourth-order valence-corrected chi connectivity index (χ4v) is 8.47. The zero-order valence-corrected chi connectivity index (χ0v) is 23.9. The molecule has 6 rings (SSSR count). The van der Waals surface area contributed by atoms with E-state index < -0.39 is 21.3 Å². The van der Waals surface area contributed by atoms with Gasteiger partial charge in [-0.1, -0.05) is 36.3 Å². The Bertz CT molecular complexity index is 1420. The van der Waals surface area contributed by atoms with Crippen LogP contribution in [0.15, 0.2) is 24.3 Å². The molecule has 4 aliphatic rings. The molecule has 2 aliphatic heterocycles. The fraction of sp³-hybridized carbons (Fsp3) is 0.607. The van der Waals surface area contributed by atoms with E-state index in [1.807, 2.05) is 24.3 Å². The number of nitrogens with zero attached hydrogens (tertiary/aromatic N) is 4. The van der Waals surface area contributed by atoms with Gasteiger partial charge in [-0.15, -0.1) is 0 Å². The van der Waals surface area contributed by atoms with E-state index in [2.05, 4.69) is 16.3 Å². The van der Waals surface area contributed by atoms with Crippen molar-refractivity contribution < 1.29 is 22.0 Å². The van der Waals surface area contributed by atoms with Crippen LogP contribution in [0.2, 0.25) is 0 Å². The van der Waals surface area contributed by atoms with Gasteiger partial charge in [-0.25, -0.2) is 22.2 Å². The Morgan fingerprint density at radius 2 is 1.75 bits per heavy atom. The molecule has 2 atom stereocenters. The van der Waals surface area contributed by atoms with E-state index in [0.29, 0.717) is 37.5 Å². The fourth-order valence-electron chi connectivity index (χ4n) is 6.10. The van der Waals surface area contributed by atoms with Gasteiger partial charge in [0.2, 0.25) is 5.91 Å². The van der Waals surface area contributed by atoms with Gasteiger partial charge in [-0.05, 0) is 43.4 Å². The number of nitriles is 1. The summed E-state index contributed by atoms with van der Waals surface area (Å²) in [5.41, 5.74) is 1.86. The lowest BCUT2D eigenvalue weighted by atomic mass is 9.76. The van der Waals surface area contributed by atoms with Gasteiger partial charge in [-0.2, -0.15) is 5.26 Å². The first-order valence-corrected chi connectivity index (χ1v) is 16.6. The number of benzene rings is 1. The highest BCUT2D eigenvalue weighted by molar-refractivity contribution is 7.91. The first kappa shape index (κ1) is 27.4. The van der Waals surface area contributed by atoms with Crippen molar-refractivity contribution >= 4 is 37.9 Å². The highest BCUT2D eigenvalue weighted by Crippen LogP contribution is 2.47. The summed E-state index contributed by atoms with van der Waals surface area (Å²) in [6.45, 7) is 0.763. The van der Waals surface area contributed by atoms with E-state index in [9.17, 15) is 27.3 Å². The van der Waals surface area contributed by atoms with E-state index in [4.69, 9.17) is 4.98 Å². The molecule has 0 radical (unpaired) electrons. The van der Waals surface area contributed by atoms with Gasteiger partial charge < -0.3 is 15.1 Å². The van der Waals surface area contributed by atoms with Crippen molar-refractivity contribution in [3.05, 3.63) is 30.0 Å². The average Bonchev–Trinajstić information content (AvgIpc) is 3.41. The summed E-state index contributed by atoms with van der Waals surface area (Å²) in [6, 6.07) is 10.1. The predicted molar refractivity (Wildman–Crippen MR) is 151 cm³/mol. The summed E-state index contributed by atoms with van der Waals surface area (Å²) in [6.07, 6.45) is 4.45. The number of nitrogens with one attached hydrogen (secondary N) is 1. The third-order valence-corrected chi connectivity index (χ3v) is 11.5. The summed E-state index contributed by atoms with van der Waals surface area (Å²) in [5, 5.41) is 13.0. The molecule has 0 spiro atoms. The topological polar surface area (TPSA) is 106 Å². The van der Waals surface area contributed by atoms with E-state index in [0.717, 1.165) is 41.1 Å². The number of thiazole rings is 1. The van der Waals surface area contributed by atoms with Gasteiger partial charge in [0.25, 0.3) is 5.92 Å². The second-order valence-electron chi connectivity index (χ2n) is 11.6. The highest BCUT2D eigenvalue weighted by atomic mass is 32.2. The number of halogens is 2. The molecule has 12 heteroatoms. The normalized spacial score (nSPS) is 26.7. The number of carbonyl (C=O) groups excluding carboxylic acids is 1. The van der Waals surface area contributed by atoms with Gasteiger partial charge in [0.1, 0.15) is 5.54 Å². The number of alkyl halides is 2. The quantitative estimate of drug-likeness (QED) is 0.535. The number of rotatable bonds is 6. The Labute approximate surface area is 237 Å². The van der Waals surface area contributed by atoms with E-state index >= 15 is 0 Å². The molecule has 1 aromatic heterocycles. The van der Waals surface area contributed by atoms with Gasteiger partial charge in [0.05, 0.1) is 34.7 Å². The van der Waals surface area contributed by atoms with Crippen LogP contribution in [0, 0.1) is 17.2 Å². The number of hydrogen-bond donors (Lipinski definition) is 1. The molecule has 1 N–H and O–H groups in total. The molecule has 1 aromatic carbocycles. The van der Waals surface area contributed by atoms with Crippen molar-refractivity contribution in [2.24, 2.45) is 5.92 Å². The lowest BCUT2D eigenvalue weighted by Gasteiger charge is -2.31. The number of sulfone groups is 1. The van der Waals surface area contributed by atoms with Crippen LogP contribution in [0.3, 0.4) is 0 Å². The Hall–Kier alpha value is -2.78. The minimum atomic E-state index is -2.99. The van der Waals surface area contributed by atoms with Crippen LogP contribution in [0.25, 0.3) is 10.4 Å². The highest BCUT2D eigenvalue weighted by Gasteiger charge is 2.47. The molecule has 4 fully saturated rings. The zero-order chi connectivity index (χ0) is 28.1. The van der Waals surface area contributed by atoms with Crippen LogP contribution in [-0.4, -0.2) is 68.5 Å². The second kappa shape index (κ2) is 10.2. The predicted octanol–water partition coefficient (Wildman–Crippen LogP) is 4.34. The maximum absolute atomic E-state index is 14.1. The first-order chi connectivity index (χ1) is 19.1. The molecule has 1 amide bonds. The number of carbonyl (C=O) groups is 1. The van der Waals surface area contributed by atoms with Gasteiger partial charge in [0, 0.05) is 43.6 Å². The van der Waals surface area contributed by atoms with Gasteiger partial charge >= 0.3 is 0 Å².